The molecular weight excluding hydrogens is 360 g/mol. The van der Waals surface area contributed by atoms with Crippen LogP contribution in [0.3, 0.4) is 0 Å². The molecule has 0 unspecified atom stereocenters. The summed E-state index contributed by atoms with van der Waals surface area (Å²) >= 11 is 0. The first-order valence-corrected chi connectivity index (χ1v) is 9.55. The van der Waals surface area contributed by atoms with Crippen LogP contribution in [0, 0.1) is 23.7 Å². The Morgan fingerprint density at radius 2 is 1.68 bits per heavy atom. The average Bonchev–Trinajstić information content (AvgIpc) is 3.36. The van der Waals surface area contributed by atoms with Crippen molar-refractivity contribution in [2.24, 2.45) is 23.7 Å². The third-order valence-corrected chi connectivity index (χ3v) is 5.93. The Bertz CT molecular complexity index is 845. The van der Waals surface area contributed by atoms with Gasteiger partial charge in [-0.2, -0.15) is 0 Å². The number of allylic oxidation sites excluding steroid dienone is 2. The highest BCUT2D eigenvalue weighted by atomic mass is 16.5. The van der Waals surface area contributed by atoms with Crippen LogP contribution in [0.4, 0.5) is 5.69 Å². The zero-order chi connectivity index (χ0) is 20.0. The van der Waals surface area contributed by atoms with Gasteiger partial charge in [0.1, 0.15) is 6.04 Å². The van der Waals surface area contributed by atoms with Crippen LogP contribution in [0.15, 0.2) is 36.4 Å². The minimum Gasteiger partial charge on any atom is -0.462 e. The quantitative estimate of drug-likeness (QED) is 0.478. The summed E-state index contributed by atoms with van der Waals surface area (Å²) in [7, 11) is 0. The van der Waals surface area contributed by atoms with Gasteiger partial charge in [0.05, 0.1) is 24.0 Å². The summed E-state index contributed by atoms with van der Waals surface area (Å²) in [5.41, 5.74) is 0.861. The summed E-state index contributed by atoms with van der Waals surface area (Å²) < 4.78 is 4.92. The monoisotopic (exact) mass is 382 g/mol. The predicted molar refractivity (Wildman–Crippen MR) is 100 cm³/mol. The van der Waals surface area contributed by atoms with Crippen LogP contribution in [0.1, 0.15) is 30.6 Å². The summed E-state index contributed by atoms with van der Waals surface area (Å²) in [6, 6.07) is 5.39. The Morgan fingerprint density at radius 3 is 2.21 bits per heavy atom. The third-order valence-electron chi connectivity index (χ3n) is 5.93. The molecule has 1 saturated heterocycles. The van der Waals surface area contributed by atoms with E-state index in [2.05, 4.69) is 5.32 Å². The molecule has 5 atom stereocenters. The molecule has 7 nitrogen and oxygen atoms in total. The van der Waals surface area contributed by atoms with E-state index >= 15 is 0 Å². The first-order chi connectivity index (χ1) is 13.4. The molecular formula is C21H22N2O5. The fourth-order valence-corrected chi connectivity index (χ4v) is 4.58. The molecule has 0 spiro atoms. The van der Waals surface area contributed by atoms with Crippen molar-refractivity contribution in [3.05, 3.63) is 42.0 Å². The number of hydrogen-bond donors (Lipinski definition) is 1. The van der Waals surface area contributed by atoms with Crippen molar-refractivity contribution in [2.45, 2.75) is 26.3 Å². The number of likely N-dealkylation sites (tertiary alicyclic amines) is 1. The van der Waals surface area contributed by atoms with Crippen LogP contribution < -0.4 is 5.32 Å². The Balaban J connectivity index is 1.43. The largest absolute Gasteiger partial charge is 0.462 e. The highest BCUT2D eigenvalue weighted by Crippen LogP contribution is 2.52. The maximum absolute atomic E-state index is 12.8. The molecule has 1 aromatic carbocycles. The Labute approximate surface area is 162 Å². The first kappa shape index (κ1) is 18.4. The molecule has 2 aliphatic carbocycles. The van der Waals surface area contributed by atoms with E-state index in [0.717, 1.165) is 11.3 Å². The number of amides is 3. The van der Waals surface area contributed by atoms with Gasteiger partial charge in [-0.3, -0.25) is 19.3 Å². The van der Waals surface area contributed by atoms with Crippen molar-refractivity contribution in [3.63, 3.8) is 0 Å². The number of benzene rings is 1. The Hall–Kier alpha value is -2.96. The van der Waals surface area contributed by atoms with Gasteiger partial charge in [-0.1, -0.05) is 12.2 Å². The van der Waals surface area contributed by atoms with E-state index in [4.69, 9.17) is 4.74 Å². The first-order valence-electron chi connectivity index (χ1n) is 9.55. The summed E-state index contributed by atoms with van der Waals surface area (Å²) in [4.78, 5) is 51.1. The van der Waals surface area contributed by atoms with Gasteiger partial charge < -0.3 is 10.1 Å². The smallest absolute Gasteiger partial charge is 0.338 e. The van der Waals surface area contributed by atoms with Gasteiger partial charge in [0.25, 0.3) is 0 Å². The molecule has 3 aliphatic rings. The van der Waals surface area contributed by atoms with Crippen LogP contribution in [0.2, 0.25) is 0 Å². The number of esters is 1. The second-order valence-electron chi connectivity index (χ2n) is 7.51. The molecule has 7 heteroatoms. The summed E-state index contributed by atoms with van der Waals surface area (Å²) in [6.07, 6.45) is 4.90. The molecule has 1 aliphatic heterocycles. The van der Waals surface area contributed by atoms with Gasteiger partial charge in [0.2, 0.25) is 17.7 Å². The van der Waals surface area contributed by atoms with Gasteiger partial charge in [-0.15, -0.1) is 0 Å². The minimum atomic E-state index is -0.894. The lowest BCUT2D eigenvalue weighted by Gasteiger charge is -2.23. The van der Waals surface area contributed by atoms with E-state index < -0.39 is 17.9 Å². The average molecular weight is 382 g/mol. The van der Waals surface area contributed by atoms with E-state index in [-0.39, 0.29) is 42.1 Å². The van der Waals surface area contributed by atoms with E-state index in [9.17, 15) is 19.2 Å². The number of rotatable bonds is 5. The molecule has 2 fully saturated rings. The van der Waals surface area contributed by atoms with Crippen molar-refractivity contribution in [1.82, 2.24) is 4.90 Å². The van der Waals surface area contributed by atoms with Crippen LogP contribution >= 0.6 is 0 Å². The molecule has 28 heavy (non-hydrogen) atoms. The van der Waals surface area contributed by atoms with Gasteiger partial charge in [-0.25, -0.2) is 4.79 Å². The number of anilines is 1. The summed E-state index contributed by atoms with van der Waals surface area (Å²) in [6.45, 7) is 3.57. The summed E-state index contributed by atoms with van der Waals surface area (Å²) in [5.74, 6) is -1.77. The molecule has 1 heterocycles. The molecule has 146 valence electrons. The van der Waals surface area contributed by atoms with E-state index in [1.807, 2.05) is 12.2 Å². The lowest BCUT2D eigenvalue weighted by Crippen LogP contribution is -2.46. The lowest BCUT2D eigenvalue weighted by molar-refractivity contribution is -0.146. The van der Waals surface area contributed by atoms with E-state index in [1.54, 1.807) is 38.1 Å². The zero-order valence-electron chi connectivity index (χ0n) is 15.8. The van der Waals surface area contributed by atoms with Crippen molar-refractivity contribution in [3.8, 4) is 0 Å². The highest BCUT2D eigenvalue weighted by Gasteiger charge is 2.60. The van der Waals surface area contributed by atoms with Gasteiger partial charge in [0, 0.05) is 5.69 Å². The number of fused-ring (bicyclic) bond motifs is 5. The molecule has 1 saturated carbocycles. The fourth-order valence-electron chi connectivity index (χ4n) is 4.58. The molecule has 1 aromatic rings. The van der Waals surface area contributed by atoms with Crippen LogP contribution in [0.5, 0.6) is 0 Å². The maximum Gasteiger partial charge on any atom is 0.338 e. The van der Waals surface area contributed by atoms with Crippen LogP contribution in [-0.4, -0.2) is 41.2 Å². The normalized spacial score (nSPS) is 28.4. The number of carbonyl (C=O) groups excluding carboxylic acids is 4. The van der Waals surface area contributed by atoms with Crippen LogP contribution in [0.25, 0.3) is 0 Å². The fraction of sp³-hybridized carbons (Fsp3) is 0.429. The van der Waals surface area contributed by atoms with Crippen molar-refractivity contribution >= 4 is 29.4 Å². The topological polar surface area (TPSA) is 92.8 Å². The standard InChI is InChI=1S/C21H22N2O5/c1-3-28-21(27)12-6-8-15(9-7-12)22-18(24)11(2)23-19(25)16-13-4-5-14(10-13)17(16)20(23)26/h4-9,11,13-14,16-17H,3,10H2,1-2H3,(H,22,24)/t11-,13+,14+,16-,17+/m1/s1. The second kappa shape index (κ2) is 6.89. The molecule has 0 radical (unpaired) electrons. The number of imide groups is 1. The lowest BCUT2D eigenvalue weighted by atomic mass is 9.85. The predicted octanol–water partition coefficient (Wildman–Crippen LogP) is 2.00. The third kappa shape index (κ3) is 2.82. The number of ether oxygens (including phenoxy) is 1. The number of nitrogens with one attached hydrogen (secondary N) is 1. The Kier molecular flexibility index (Phi) is 4.53. The number of hydrogen-bond acceptors (Lipinski definition) is 5. The van der Waals surface area contributed by atoms with Crippen molar-refractivity contribution in [1.29, 1.82) is 0 Å². The van der Waals surface area contributed by atoms with Gasteiger partial charge in [0.15, 0.2) is 0 Å². The maximum atomic E-state index is 12.8. The van der Waals surface area contributed by atoms with Gasteiger partial charge >= 0.3 is 5.97 Å². The van der Waals surface area contributed by atoms with E-state index in [0.29, 0.717) is 11.3 Å². The zero-order valence-corrected chi connectivity index (χ0v) is 15.8. The Morgan fingerprint density at radius 1 is 1.11 bits per heavy atom. The number of nitrogens with zero attached hydrogens (tertiary/aromatic N) is 1. The number of carbonyl (C=O) groups is 4. The molecule has 4 rings (SSSR count). The van der Waals surface area contributed by atoms with Gasteiger partial charge in [-0.05, 0) is 56.4 Å². The molecule has 3 amide bonds. The van der Waals surface area contributed by atoms with Crippen molar-refractivity contribution in [2.75, 3.05) is 11.9 Å². The molecule has 2 bridgehead atoms. The second-order valence-corrected chi connectivity index (χ2v) is 7.51. The van der Waals surface area contributed by atoms with Crippen molar-refractivity contribution < 1.29 is 23.9 Å². The molecule has 1 N–H and O–H groups in total. The minimum absolute atomic E-state index is 0.113. The molecule has 0 aromatic heterocycles. The summed E-state index contributed by atoms with van der Waals surface area (Å²) in [5, 5.41) is 2.71. The SMILES string of the molecule is CCOC(=O)c1ccc(NC(=O)[C@@H](C)N2C(=O)[C@@H]3[C@H](C2=O)[C@H]2C=C[C@H]3C2)cc1. The van der Waals surface area contributed by atoms with E-state index in [1.165, 1.54) is 0 Å². The highest BCUT2D eigenvalue weighted by molar-refractivity contribution is 6.10. The van der Waals surface area contributed by atoms with Crippen LogP contribution in [-0.2, 0) is 19.1 Å².